The third-order valence-corrected chi connectivity index (χ3v) is 1.56. The predicted molar refractivity (Wildman–Crippen MR) is 41.2 cm³/mol. The molecule has 7 heteroatoms. The lowest BCUT2D eigenvalue weighted by molar-refractivity contribution is -0.391. The van der Waals surface area contributed by atoms with E-state index >= 15 is 0 Å². The normalized spacial score (nSPS) is 9.92. The summed E-state index contributed by atoms with van der Waals surface area (Å²) >= 11 is 0. The summed E-state index contributed by atoms with van der Waals surface area (Å²) in [6.07, 6.45) is 0.725. The van der Waals surface area contributed by atoms with Crippen LogP contribution in [0.4, 0.5) is 5.82 Å². The number of aliphatic carboxylic acids is 1. The first kappa shape index (κ1) is 9.17. The van der Waals surface area contributed by atoms with Crippen LogP contribution in [-0.2, 0) is 18.3 Å². The van der Waals surface area contributed by atoms with Gasteiger partial charge in [-0.15, -0.1) is 0 Å². The van der Waals surface area contributed by atoms with Crippen LogP contribution >= 0.6 is 0 Å². The first-order chi connectivity index (χ1) is 6.02. The molecule has 1 N–H and O–H groups in total. The van der Waals surface area contributed by atoms with E-state index in [1.165, 1.54) is 7.05 Å². The number of rotatable bonds is 3. The molecule has 7 nitrogen and oxygen atoms in total. The molecule has 13 heavy (non-hydrogen) atoms. The molecule has 1 heterocycles. The van der Waals surface area contributed by atoms with Crippen LogP contribution in [0.15, 0.2) is 6.20 Å². The average molecular weight is 185 g/mol. The minimum atomic E-state index is -1.07. The number of carbonyl (C=O) groups is 1. The fraction of sp³-hybridized carbons (Fsp3) is 0.333. The summed E-state index contributed by atoms with van der Waals surface area (Å²) in [6.45, 7) is 0. The lowest BCUT2D eigenvalue weighted by Gasteiger charge is -1.95. The Bertz CT molecular complexity index is 357. The van der Waals surface area contributed by atoms with Crippen molar-refractivity contribution in [2.45, 2.75) is 6.42 Å². The van der Waals surface area contributed by atoms with Crippen LogP contribution in [-0.4, -0.2) is 25.6 Å². The number of hydrogen-bond donors (Lipinski definition) is 1. The standard InChI is InChI=1S/C6H7N3O4/c1-8-4(2-6(10)11)7-3-5(8)9(12)13/h3H,2H2,1H3,(H,10,11). The van der Waals surface area contributed by atoms with Gasteiger partial charge >= 0.3 is 11.8 Å². The molecular weight excluding hydrogens is 178 g/mol. The Kier molecular flexibility index (Phi) is 2.27. The molecule has 0 radical (unpaired) electrons. The minimum absolute atomic E-state index is 0.166. The maximum Gasteiger partial charge on any atom is 0.342 e. The van der Waals surface area contributed by atoms with Crippen LogP contribution in [0.25, 0.3) is 0 Å². The van der Waals surface area contributed by atoms with Gasteiger partial charge in [-0.05, 0) is 4.92 Å². The van der Waals surface area contributed by atoms with E-state index in [4.69, 9.17) is 5.11 Å². The Labute approximate surface area is 72.8 Å². The summed E-state index contributed by atoms with van der Waals surface area (Å²) < 4.78 is 1.15. The molecule has 0 bridgehead atoms. The molecule has 0 atom stereocenters. The highest BCUT2D eigenvalue weighted by atomic mass is 16.6. The molecule has 0 unspecified atom stereocenters. The van der Waals surface area contributed by atoms with Crippen LogP contribution in [0.5, 0.6) is 0 Å². The zero-order valence-corrected chi connectivity index (χ0v) is 6.80. The van der Waals surface area contributed by atoms with Gasteiger partial charge in [-0.1, -0.05) is 0 Å². The van der Waals surface area contributed by atoms with E-state index in [1.54, 1.807) is 0 Å². The maximum absolute atomic E-state index is 10.3. The highest BCUT2D eigenvalue weighted by Crippen LogP contribution is 2.11. The summed E-state index contributed by atoms with van der Waals surface area (Å²) in [7, 11) is 1.41. The second-order valence-electron chi connectivity index (χ2n) is 2.42. The largest absolute Gasteiger partial charge is 0.481 e. The van der Waals surface area contributed by atoms with Gasteiger partial charge in [0.1, 0.15) is 12.6 Å². The molecule has 0 fully saturated rings. The fourth-order valence-electron chi connectivity index (χ4n) is 0.907. The van der Waals surface area contributed by atoms with Crippen molar-refractivity contribution in [1.82, 2.24) is 9.55 Å². The number of carboxylic acids is 1. The molecule has 1 rings (SSSR count). The first-order valence-corrected chi connectivity index (χ1v) is 3.39. The highest BCUT2D eigenvalue weighted by molar-refractivity contribution is 5.69. The molecule has 0 aromatic carbocycles. The Balaban J connectivity index is 2.99. The van der Waals surface area contributed by atoms with Crippen molar-refractivity contribution in [2.75, 3.05) is 0 Å². The van der Waals surface area contributed by atoms with Crippen molar-refractivity contribution in [1.29, 1.82) is 0 Å². The molecule has 0 aliphatic heterocycles. The zero-order chi connectivity index (χ0) is 10.0. The molecular formula is C6H7N3O4. The average Bonchev–Trinajstić information content (AvgIpc) is 2.32. The number of imidazole rings is 1. The Morgan fingerprint density at radius 2 is 2.46 bits per heavy atom. The molecule has 0 spiro atoms. The maximum atomic E-state index is 10.3. The van der Waals surface area contributed by atoms with Crippen molar-refractivity contribution >= 4 is 11.8 Å². The zero-order valence-electron chi connectivity index (χ0n) is 6.80. The van der Waals surface area contributed by atoms with Gasteiger partial charge in [-0.2, -0.15) is 0 Å². The predicted octanol–water partition coefficient (Wildman–Crippen LogP) is -0.0446. The van der Waals surface area contributed by atoms with Crippen molar-refractivity contribution in [2.24, 2.45) is 7.05 Å². The van der Waals surface area contributed by atoms with Gasteiger partial charge in [0, 0.05) is 0 Å². The van der Waals surface area contributed by atoms with E-state index in [1.807, 2.05) is 0 Å². The molecule has 0 amide bonds. The number of aromatic nitrogens is 2. The number of carboxylic acid groups (broad SMARTS) is 1. The lowest BCUT2D eigenvalue weighted by atomic mass is 10.4. The van der Waals surface area contributed by atoms with Crippen molar-refractivity contribution in [3.8, 4) is 0 Å². The van der Waals surface area contributed by atoms with Crippen LogP contribution < -0.4 is 0 Å². The minimum Gasteiger partial charge on any atom is -0.481 e. The second kappa shape index (κ2) is 3.21. The SMILES string of the molecule is Cn1c([N+](=O)[O-])cnc1CC(=O)O. The second-order valence-corrected chi connectivity index (χ2v) is 2.42. The Hall–Kier alpha value is -1.92. The molecule has 0 saturated carbocycles. The molecule has 1 aromatic rings. The van der Waals surface area contributed by atoms with Gasteiger partial charge in [0.15, 0.2) is 0 Å². The molecule has 0 aliphatic rings. The molecule has 0 aliphatic carbocycles. The van der Waals surface area contributed by atoms with Crippen LogP contribution in [0, 0.1) is 10.1 Å². The van der Waals surface area contributed by atoms with Crippen molar-refractivity contribution < 1.29 is 14.8 Å². The fourth-order valence-corrected chi connectivity index (χ4v) is 0.907. The quantitative estimate of drug-likeness (QED) is 0.526. The van der Waals surface area contributed by atoms with Gasteiger partial charge in [0.05, 0.1) is 7.05 Å². The summed E-state index contributed by atoms with van der Waals surface area (Å²) in [6, 6.07) is 0. The number of hydrogen-bond acceptors (Lipinski definition) is 4. The van der Waals surface area contributed by atoms with Gasteiger partial charge in [-0.25, -0.2) is 9.55 Å². The van der Waals surface area contributed by atoms with E-state index in [0.717, 1.165) is 10.8 Å². The smallest absolute Gasteiger partial charge is 0.342 e. The summed E-state index contributed by atoms with van der Waals surface area (Å²) in [4.78, 5) is 23.6. The molecule has 1 aromatic heterocycles. The van der Waals surface area contributed by atoms with E-state index in [9.17, 15) is 14.9 Å². The third-order valence-electron chi connectivity index (χ3n) is 1.56. The summed E-state index contributed by atoms with van der Waals surface area (Å²) in [5.74, 6) is -1.11. The van der Waals surface area contributed by atoms with Gasteiger partial charge in [-0.3, -0.25) is 4.79 Å². The summed E-state index contributed by atoms with van der Waals surface area (Å²) in [5.41, 5.74) is 0. The van der Waals surface area contributed by atoms with Gasteiger partial charge in [0.25, 0.3) is 0 Å². The van der Waals surface area contributed by atoms with Gasteiger partial charge < -0.3 is 15.2 Å². The van der Waals surface area contributed by atoms with Crippen LogP contribution in [0.2, 0.25) is 0 Å². The lowest BCUT2D eigenvalue weighted by Crippen LogP contribution is -2.07. The van der Waals surface area contributed by atoms with E-state index in [0.29, 0.717) is 0 Å². The molecule has 70 valence electrons. The summed E-state index contributed by atoms with van der Waals surface area (Å²) in [5, 5.41) is 18.7. The van der Waals surface area contributed by atoms with E-state index in [-0.39, 0.29) is 18.1 Å². The van der Waals surface area contributed by atoms with Gasteiger partial charge in [0.2, 0.25) is 5.82 Å². The third kappa shape index (κ3) is 1.81. The van der Waals surface area contributed by atoms with E-state index < -0.39 is 10.9 Å². The van der Waals surface area contributed by atoms with Crippen molar-refractivity contribution in [3.63, 3.8) is 0 Å². The Morgan fingerprint density at radius 1 is 1.85 bits per heavy atom. The molecule has 0 saturated heterocycles. The van der Waals surface area contributed by atoms with E-state index in [2.05, 4.69) is 4.98 Å². The number of nitrogens with zero attached hydrogens (tertiary/aromatic N) is 3. The highest BCUT2D eigenvalue weighted by Gasteiger charge is 2.17. The topological polar surface area (TPSA) is 98.3 Å². The first-order valence-electron chi connectivity index (χ1n) is 3.39. The Morgan fingerprint density at radius 3 is 2.85 bits per heavy atom. The number of nitro groups is 1. The van der Waals surface area contributed by atoms with Crippen molar-refractivity contribution in [3.05, 3.63) is 22.1 Å². The van der Waals surface area contributed by atoms with Crippen LogP contribution in [0.3, 0.4) is 0 Å². The monoisotopic (exact) mass is 185 g/mol. The van der Waals surface area contributed by atoms with Crippen LogP contribution in [0.1, 0.15) is 5.82 Å².